The number of nitrogens with zero attached hydrogens (tertiary/aromatic N) is 5. The fourth-order valence-electron chi connectivity index (χ4n) is 3.57. The molecule has 1 N–H and O–H groups in total. The smallest absolute Gasteiger partial charge is 0.242 e. The number of benzene rings is 1. The zero-order chi connectivity index (χ0) is 20.2. The summed E-state index contributed by atoms with van der Waals surface area (Å²) in [6.07, 6.45) is 8.03. The van der Waals surface area contributed by atoms with Crippen molar-refractivity contribution in [1.29, 1.82) is 0 Å². The molecule has 0 spiro atoms. The third-order valence-corrected chi connectivity index (χ3v) is 5.37. The molecule has 7 nitrogen and oxygen atoms in total. The van der Waals surface area contributed by atoms with E-state index in [-0.39, 0.29) is 24.0 Å². The lowest BCUT2D eigenvalue weighted by molar-refractivity contribution is -0.121. The Morgan fingerprint density at radius 3 is 2.72 bits per heavy atom. The monoisotopic (exact) mass is 416 g/mol. The highest BCUT2D eigenvalue weighted by molar-refractivity contribution is 6.30. The molecule has 0 bridgehead atoms. The van der Waals surface area contributed by atoms with Gasteiger partial charge in [0.05, 0.1) is 16.6 Å². The van der Waals surface area contributed by atoms with E-state index in [9.17, 15) is 9.18 Å². The Morgan fingerprint density at radius 2 is 1.97 bits per heavy atom. The van der Waals surface area contributed by atoms with E-state index in [0.29, 0.717) is 5.65 Å². The van der Waals surface area contributed by atoms with Gasteiger partial charge in [-0.25, -0.2) is 19.0 Å². The van der Waals surface area contributed by atoms with Gasteiger partial charge in [-0.2, -0.15) is 5.10 Å². The minimum absolute atomic E-state index is 0.0348. The first kappa shape index (κ1) is 19.6. The number of anilines is 1. The van der Waals surface area contributed by atoms with Crippen LogP contribution >= 0.6 is 11.6 Å². The molecule has 0 aliphatic carbocycles. The quantitative estimate of drug-likeness (QED) is 0.690. The van der Waals surface area contributed by atoms with Crippen LogP contribution in [0.15, 0.2) is 30.7 Å². The third-order valence-electron chi connectivity index (χ3n) is 5.09. The minimum Gasteiger partial charge on any atom is -0.356 e. The van der Waals surface area contributed by atoms with Crippen molar-refractivity contribution in [3.05, 3.63) is 47.1 Å². The number of nitrogens with one attached hydrogen (secondary N) is 1. The number of carbonyl (C=O) groups excluding carboxylic acids is 1. The lowest BCUT2D eigenvalue weighted by Gasteiger charge is -2.21. The number of carbonyl (C=O) groups is 1. The maximum atomic E-state index is 13.2. The van der Waals surface area contributed by atoms with Gasteiger partial charge in [-0.05, 0) is 30.5 Å². The summed E-state index contributed by atoms with van der Waals surface area (Å²) in [5.41, 5.74) is 1.36. The van der Waals surface area contributed by atoms with Gasteiger partial charge < -0.3 is 10.2 Å². The van der Waals surface area contributed by atoms with Gasteiger partial charge in [0.2, 0.25) is 5.91 Å². The van der Waals surface area contributed by atoms with Crippen molar-refractivity contribution in [3.8, 4) is 0 Å². The van der Waals surface area contributed by atoms with Crippen molar-refractivity contribution in [2.24, 2.45) is 0 Å². The Hall–Kier alpha value is -2.74. The lowest BCUT2D eigenvalue weighted by atomic mass is 10.2. The van der Waals surface area contributed by atoms with Gasteiger partial charge in [-0.1, -0.05) is 30.5 Å². The van der Waals surface area contributed by atoms with Crippen LogP contribution in [-0.4, -0.2) is 38.7 Å². The summed E-state index contributed by atoms with van der Waals surface area (Å²) in [7, 11) is 0. The molecule has 1 amide bonds. The summed E-state index contributed by atoms with van der Waals surface area (Å²) < 4.78 is 14.8. The number of hydrogen-bond donors (Lipinski definition) is 1. The maximum Gasteiger partial charge on any atom is 0.242 e. The van der Waals surface area contributed by atoms with E-state index in [1.165, 1.54) is 31.3 Å². The fraction of sp³-hybridized carbons (Fsp3) is 0.400. The normalized spacial score (nSPS) is 14.8. The van der Waals surface area contributed by atoms with E-state index in [1.54, 1.807) is 16.9 Å². The van der Waals surface area contributed by atoms with Crippen molar-refractivity contribution in [2.75, 3.05) is 18.0 Å². The van der Waals surface area contributed by atoms with Gasteiger partial charge in [-0.3, -0.25) is 4.79 Å². The first-order valence-corrected chi connectivity index (χ1v) is 10.1. The first-order chi connectivity index (χ1) is 14.1. The zero-order valence-corrected chi connectivity index (χ0v) is 16.7. The van der Waals surface area contributed by atoms with Crippen LogP contribution in [0.5, 0.6) is 0 Å². The molecule has 0 radical (unpaired) electrons. The van der Waals surface area contributed by atoms with Crippen molar-refractivity contribution in [3.63, 3.8) is 0 Å². The predicted molar refractivity (Wildman–Crippen MR) is 109 cm³/mol. The van der Waals surface area contributed by atoms with Gasteiger partial charge in [0.15, 0.2) is 5.65 Å². The number of amides is 1. The molecule has 1 fully saturated rings. The summed E-state index contributed by atoms with van der Waals surface area (Å²) >= 11 is 5.78. The molecule has 29 heavy (non-hydrogen) atoms. The Kier molecular flexibility index (Phi) is 5.89. The number of halogens is 2. The van der Waals surface area contributed by atoms with Crippen molar-refractivity contribution < 1.29 is 9.18 Å². The molecule has 152 valence electrons. The molecule has 3 heterocycles. The molecular weight excluding hydrogens is 395 g/mol. The standard InChI is InChI=1S/C20H22ClFN6O/c21-16-9-14(5-6-17(16)22)10-23-18(29)12-28-20-15(11-26-28)19(24-13-25-20)27-7-3-1-2-4-8-27/h5-6,9,11,13H,1-4,7-8,10,12H2,(H,23,29). The summed E-state index contributed by atoms with van der Waals surface area (Å²) in [6, 6.07) is 4.37. The molecule has 1 aliphatic rings. The summed E-state index contributed by atoms with van der Waals surface area (Å²) in [5, 5.41) is 8.04. The Balaban J connectivity index is 1.46. The number of fused-ring (bicyclic) bond motifs is 1. The molecular formula is C20H22ClFN6O. The van der Waals surface area contributed by atoms with E-state index >= 15 is 0 Å². The lowest BCUT2D eigenvalue weighted by Crippen LogP contribution is -2.27. The molecule has 0 unspecified atom stereocenters. The van der Waals surface area contributed by atoms with Gasteiger partial charge >= 0.3 is 0 Å². The molecule has 0 saturated carbocycles. The van der Waals surface area contributed by atoms with Gasteiger partial charge in [-0.15, -0.1) is 0 Å². The molecule has 2 aromatic heterocycles. The highest BCUT2D eigenvalue weighted by Crippen LogP contribution is 2.25. The topological polar surface area (TPSA) is 75.9 Å². The highest BCUT2D eigenvalue weighted by Gasteiger charge is 2.18. The van der Waals surface area contributed by atoms with Crippen LogP contribution in [0.1, 0.15) is 31.2 Å². The van der Waals surface area contributed by atoms with E-state index in [2.05, 4.69) is 25.3 Å². The summed E-state index contributed by atoms with van der Waals surface area (Å²) in [5.74, 6) is 0.180. The van der Waals surface area contributed by atoms with Gasteiger partial charge in [0, 0.05) is 19.6 Å². The molecule has 1 saturated heterocycles. The number of hydrogen-bond acceptors (Lipinski definition) is 5. The van der Waals surface area contributed by atoms with Crippen LogP contribution in [0.3, 0.4) is 0 Å². The first-order valence-electron chi connectivity index (χ1n) is 9.74. The minimum atomic E-state index is -0.482. The predicted octanol–water partition coefficient (Wildman–Crippen LogP) is 3.32. The Labute approximate surface area is 172 Å². The fourth-order valence-corrected chi connectivity index (χ4v) is 3.78. The van der Waals surface area contributed by atoms with E-state index in [0.717, 1.165) is 42.7 Å². The van der Waals surface area contributed by atoms with Crippen LogP contribution < -0.4 is 10.2 Å². The highest BCUT2D eigenvalue weighted by atomic mass is 35.5. The average molecular weight is 417 g/mol. The number of aromatic nitrogens is 4. The van der Waals surface area contributed by atoms with Gasteiger partial charge in [0.25, 0.3) is 0 Å². The van der Waals surface area contributed by atoms with E-state index in [4.69, 9.17) is 11.6 Å². The van der Waals surface area contributed by atoms with Crippen molar-refractivity contribution in [1.82, 2.24) is 25.1 Å². The third kappa shape index (κ3) is 4.48. The van der Waals surface area contributed by atoms with Crippen LogP contribution in [0.2, 0.25) is 5.02 Å². The second-order valence-electron chi connectivity index (χ2n) is 7.16. The molecule has 3 aromatic rings. The molecule has 1 aliphatic heterocycles. The van der Waals surface area contributed by atoms with Crippen LogP contribution in [0.25, 0.3) is 11.0 Å². The van der Waals surface area contributed by atoms with Crippen LogP contribution in [-0.2, 0) is 17.9 Å². The van der Waals surface area contributed by atoms with Crippen molar-refractivity contribution in [2.45, 2.75) is 38.8 Å². The van der Waals surface area contributed by atoms with E-state index in [1.807, 2.05) is 0 Å². The molecule has 1 aromatic carbocycles. The number of rotatable bonds is 5. The molecule has 9 heteroatoms. The Bertz CT molecular complexity index is 1020. The Morgan fingerprint density at radius 1 is 1.17 bits per heavy atom. The van der Waals surface area contributed by atoms with E-state index < -0.39 is 5.82 Å². The SMILES string of the molecule is O=C(Cn1ncc2c(N3CCCCCC3)ncnc21)NCc1ccc(F)c(Cl)c1. The average Bonchev–Trinajstić information content (AvgIpc) is 2.94. The van der Waals surface area contributed by atoms with Gasteiger partial charge in [0.1, 0.15) is 24.5 Å². The van der Waals surface area contributed by atoms with Crippen molar-refractivity contribution >= 4 is 34.4 Å². The molecule has 4 rings (SSSR count). The van der Waals surface area contributed by atoms with Crippen LogP contribution in [0.4, 0.5) is 10.2 Å². The zero-order valence-electron chi connectivity index (χ0n) is 15.9. The second kappa shape index (κ2) is 8.73. The summed E-state index contributed by atoms with van der Waals surface area (Å²) in [6.45, 7) is 2.23. The maximum absolute atomic E-state index is 13.2. The molecule has 0 atom stereocenters. The largest absolute Gasteiger partial charge is 0.356 e. The summed E-state index contributed by atoms with van der Waals surface area (Å²) in [4.78, 5) is 23.5. The second-order valence-corrected chi connectivity index (χ2v) is 7.57. The van der Waals surface area contributed by atoms with Crippen LogP contribution in [0, 0.1) is 5.82 Å².